The van der Waals surface area contributed by atoms with Crippen LogP contribution < -0.4 is 5.32 Å². The Bertz CT molecular complexity index is 586. The minimum absolute atomic E-state index is 0.0163. The van der Waals surface area contributed by atoms with Gasteiger partial charge in [0.1, 0.15) is 5.54 Å². The van der Waals surface area contributed by atoms with Gasteiger partial charge in [-0.3, -0.25) is 0 Å². The molecule has 2 aromatic heterocycles. The summed E-state index contributed by atoms with van der Waals surface area (Å²) in [6.07, 6.45) is 0. The van der Waals surface area contributed by atoms with E-state index in [0.717, 1.165) is 11.4 Å². The highest BCUT2D eigenvalue weighted by molar-refractivity contribution is 5.28. The van der Waals surface area contributed by atoms with Gasteiger partial charge in [0.05, 0.1) is 25.5 Å². The Labute approximate surface area is 120 Å². The SMILES string of the molecule is Cc1cc(C)n(-c2nnc(NC(CO)(CO)CO)nn2)n1. The predicted octanol–water partition coefficient (Wildman–Crippen LogP) is -1.80. The first-order chi connectivity index (χ1) is 10.0. The lowest BCUT2D eigenvalue weighted by Crippen LogP contribution is -2.49. The highest BCUT2D eigenvalue weighted by Crippen LogP contribution is 2.10. The molecule has 10 nitrogen and oxygen atoms in total. The van der Waals surface area contributed by atoms with Crippen LogP contribution >= 0.6 is 0 Å². The van der Waals surface area contributed by atoms with Gasteiger partial charge in [0.2, 0.25) is 0 Å². The van der Waals surface area contributed by atoms with Crippen LogP contribution in [0.2, 0.25) is 0 Å². The van der Waals surface area contributed by atoms with Gasteiger partial charge in [0, 0.05) is 5.69 Å². The zero-order chi connectivity index (χ0) is 15.5. The van der Waals surface area contributed by atoms with E-state index in [1.165, 1.54) is 4.68 Å². The van der Waals surface area contributed by atoms with Gasteiger partial charge in [-0.2, -0.15) is 5.10 Å². The zero-order valence-electron chi connectivity index (χ0n) is 11.7. The average Bonchev–Trinajstić information content (AvgIpc) is 2.84. The Morgan fingerprint density at radius 1 is 1.05 bits per heavy atom. The quantitative estimate of drug-likeness (QED) is 0.485. The first-order valence-corrected chi connectivity index (χ1v) is 6.25. The molecule has 2 aromatic rings. The maximum absolute atomic E-state index is 9.22. The molecule has 0 radical (unpaired) electrons. The van der Waals surface area contributed by atoms with Gasteiger partial charge < -0.3 is 20.6 Å². The van der Waals surface area contributed by atoms with E-state index in [2.05, 4.69) is 30.8 Å². The number of aromatic nitrogens is 6. The van der Waals surface area contributed by atoms with Crippen LogP contribution in [0, 0.1) is 13.8 Å². The lowest BCUT2D eigenvalue weighted by molar-refractivity contribution is 0.0826. The van der Waals surface area contributed by atoms with Crippen LogP contribution in [0.4, 0.5) is 5.95 Å². The molecule has 0 bridgehead atoms. The molecule has 0 saturated carbocycles. The first-order valence-electron chi connectivity index (χ1n) is 6.25. The fourth-order valence-corrected chi connectivity index (χ4v) is 1.70. The summed E-state index contributed by atoms with van der Waals surface area (Å²) in [6.45, 7) is 2.20. The number of hydrogen-bond donors (Lipinski definition) is 4. The molecule has 4 N–H and O–H groups in total. The van der Waals surface area contributed by atoms with Crippen molar-refractivity contribution in [2.45, 2.75) is 19.4 Å². The maximum atomic E-state index is 9.22. The monoisotopic (exact) mass is 295 g/mol. The fraction of sp³-hybridized carbons (Fsp3) is 0.545. The Kier molecular flexibility index (Phi) is 4.40. The second kappa shape index (κ2) is 6.08. The number of aryl methyl sites for hydroxylation is 2. The zero-order valence-corrected chi connectivity index (χ0v) is 11.7. The smallest absolute Gasteiger partial charge is 0.289 e. The summed E-state index contributed by atoms with van der Waals surface area (Å²) >= 11 is 0. The lowest BCUT2D eigenvalue weighted by Gasteiger charge is -2.27. The Balaban J connectivity index is 2.21. The molecular weight excluding hydrogens is 278 g/mol. The van der Waals surface area contributed by atoms with Crippen LogP contribution in [-0.2, 0) is 0 Å². The van der Waals surface area contributed by atoms with E-state index in [0.29, 0.717) is 0 Å². The Morgan fingerprint density at radius 3 is 2.05 bits per heavy atom. The third-order valence-corrected chi connectivity index (χ3v) is 2.95. The second-order valence-corrected chi connectivity index (χ2v) is 4.74. The van der Waals surface area contributed by atoms with Gasteiger partial charge in [-0.25, -0.2) is 4.68 Å². The van der Waals surface area contributed by atoms with Crippen molar-refractivity contribution in [3.8, 4) is 5.95 Å². The van der Waals surface area contributed by atoms with Crippen LogP contribution in [0.25, 0.3) is 5.95 Å². The average molecular weight is 295 g/mol. The van der Waals surface area contributed by atoms with Gasteiger partial charge in [-0.05, 0) is 19.9 Å². The van der Waals surface area contributed by atoms with Crippen molar-refractivity contribution < 1.29 is 15.3 Å². The molecule has 0 unspecified atom stereocenters. The lowest BCUT2D eigenvalue weighted by atomic mass is 10.0. The van der Waals surface area contributed by atoms with Crippen molar-refractivity contribution in [2.75, 3.05) is 25.1 Å². The molecule has 0 aliphatic heterocycles. The topological polar surface area (TPSA) is 142 Å². The van der Waals surface area contributed by atoms with Crippen molar-refractivity contribution in [3.63, 3.8) is 0 Å². The predicted molar refractivity (Wildman–Crippen MR) is 71.8 cm³/mol. The molecule has 0 amide bonds. The minimum Gasteiger partial charge on any atom is -0.394 e. The minimum atomic E-state index is -1.33. The maximum Gasteiger partial charge on any atom is 0.289 e. The van der Waals surface area contributed by atoms with Crippen molar-refractivity contribution in [3.05, 3.63) is 17.5 Å². The number of hydrogen-bond acceptors (Lipinski definition) is 9. The number of anilines is 1. The Morgan fingerprint density at radius 2 is 1.62 bits per heavy atom. The van der Waals surface area contributed by atoms with Crippen LogP contribution in [0.3, 0.4) is 0 Å². The summed E-state index contributed by atoms with van der Waals surface area (Å²) in [5.74, 6) is 0.186. The number of nitrogens with one attached hydrogen (secondary N) is 1. The summed E-state index contributed by atoms with van der Waals surface area (Å²) in [4.78, 5) is 0. The molecule has 114 valence electrons. The van der Waals surface area contributed by atoms with E-state index >= 15 is 0 Å². The summed E-state index contributed by atoms with van der Waals surface area (Å²) in [6, 6.07) is 1.86. The van der Waals surface area contributed by atoms with Crippen molar-refractivity contribution in [1.29, 1.82) is 0 Å². The van der Waals surface area contributed by atoms with Crippen LogP contribution in [0.1, 0.15) is 11.4 Å². The molecule has 10 heteroatoms. The molecule has 0 spiro atoms. The van der Waals surface area contributed by atoms with Crippen LogP contribution in [0.5, 0.6) is 0 Å². The molecule has 0 aromatic carbocycles. The van der Waals surface area contributed by atoms with E-state index in [1.807, 2.05) is 19.9 Å². The normalized spacial score (nSPS) is 11.7. The van der Waals surface area contributed by atoms with Crippen molar-refractivity contribution in [2.24, 2.45) is 0 Å². The summed E-state index contributed by atoms with van der Waals surface area (Å²) in [7, 11) is 0. The largest absolute Gasteiger partial charge is 0.394 e. The third kappa shape index (κ3) is 3.12. The summed E-state index contributed by atoms with van der Waals surface area (Å²) < 4.78 is 1.50. The molecule has 0 saturated heterocycles. The molecule has 0 aliphatic carbocycles. The van der Waals surface area contributed by atoms with E-state index in [1.54, 1.807) is 0 Å². The van der Waals surface area contributed by atoms with Gasteiger partial charge in [0.25, 0.3) is 11.9 Å². The molecular formula is C11H17N7O3. The van der Waals surface area contributed by atoms with E-state index in [9.17, 15) is 15.3 Å². The number of rotatable bonds is 6. The first kappa shape index (κ1) is 15.2. The molecule has 0 atom stereocenters. The van der Waals surface area contributed by atoms with Gasteiger partial charge in [-0.1, -0.05) is 0 Å². The molecule has 2 heterocycles. The summed E-state index contributed by atoms with van der Waals surface area (Å²) in [5, 5.41) is 49.8. The van der Waals surface area contributed by atoms with E-state index in [-0.39, 0.29) is 11.9 Å². The van der Waals surface area contributed by atoms with Crippen molar-refractivity contribution in [1.82, 2.24) is 30.2 Å². The van der Waals surface area contributed by atoms with Gasteiger partial charge in [0.15, 0.2) is 0 Å². The third-order valence-electron chi connectivity index (χ3n) is 2.95. The fourth-order valence-electron chi connectivity index (χ4n) is 1.70. The van der Waals surface area contributed by atoms with Gasteiger partial charge >= 0.3 is 0 Å². The summed E-state index contributed by atoms with van der Waals surface area (Å²) in [5.41, 5.74) is 0.327. The standard InChI is InChI=1S/C11H17N7O3/c1-7-3-8(2)18(17-7)10-15-13-9(14-16-10)12-11(4-19,5-20)6-21/h3,19-21H,4-6H2,1-2H3,(H,12,13,14). The van der Waals surface area contributed by atoms with Crippen LogP contribution in [0.15, 0.2) is 6.07 Å². The van der Waals surface area contributed by atoms with Crippen molar-refractivity contribution >= 4 is 5.95 Å². The number of nitrogens with zero attached hydrogens (tertiary/aromatic N) is 6. The van der Waals surface area contributed by atoms with Crippen LogP contribution in [-0.4, -0.2) is 70.9 Å². The molecule has 0 fully saturated rings. The highest BCUT2D eigenvalue weighted by atomic mass is 16.3. The highest BCUT2D eigenvalue weighted by Gasteiger charge is 2.29. The second-order valence-electron chi connectivity index (χ2n) is 4.74. The van der Waals surface area contributed by atoms with E-state index < -0.39 is 25.4 Å². The Hall–Kier alpha value is -2.17. The number of aliphatic hydroxyl groups is 3. The molecule has 0 aliphatic rings. The van der Waals surface area contributed by atoms with E-state index in [4.69, 9.17) is 0 Å². The molecule has 2 rings (SSSR count). The number of aliphatic hydroxyl groups excluding tert-OH is 3. The van der Waals surface area contributed by atoms with Gasteiger partial charge in [-0.15, -0.1) is 20.4 Å². The molecule has 21 heavy (non-hydrogen) atoms.